The minimum absolute atomic E-state index is 0.268. The second-order valence-corrected chi connectivity index (χ2v) is 6.84. The summed E-state index contributed by atoms with van der Waals surface area (Å²) in [5, 5.41) is 4.17. The van der Waals surface area contributed by atoms with Crippen molar-refractivity contribution in [3.05, 3.63) is 53.9 Å². The normalized spacial score (nSPS) is 19.2. The quantitative estimate of drug-likeness (QED) is 0.728. The van der Waals surface area contributed by atoms with Crippen LogP contribution in [0.15, 0.2) is 47.0 Å². The second-order valence-electron chi connectivity index (χ2n) is 6.84. The maximum Gasteiger partial charge on any atom is 0.222 e. The Hall–Kier alpha value is -2.93. The van der Waals surface area contributed by atoms with Crippen LogP contribution >= 0.6 is 0 Å². The third-order valence-electron chi connectivity index (χ3n) is 4.75. The van der Waals surface area contributed by atoms with Crippen molar-refractivity contribution in [2.75, 3.05) is 17.7 Å². The van der Waals surface area contributed by atoms with E-state index in [0.717, 1.165) is 41.4 Å². The summed E-state index contributed by atoms with van der Waals surface area (Å²) in [6.07, 6.45) is 1.90. The van der Waals surface area contributed by atoms with Gasteiger partial charge in [0.15, 0.2) is 5.76 Å². The Kier molecular flexibility index (Phi) is 4.30. The Morgan fingerprint density at radius 1 is 1.15 bits per heavy atom. The summed E-state index contributed by atoms with van der Waals surface area (Å²) in [5.74, 6) is 2.19. The van der Waals surface area contributed by atoms with Gasteiger partial charge in [-0.1, -0.05) is 35.5 Å². The fraction of sp³-hybridized carbons (Fsp3) is 0.316. The van der Waals surface area contributed by atoms with E-state index in [0.29, 0.717) is 12.5 Å². The zero-order valence-electron chi connectivity index (χ0n) is 14.7. The van der Waals surface area contributed by atoms with Gasteiger partial charge < -0.3 is 20.9 Å². The first-order valence-corrected chi connectivity index (χ1v) is 8.70. The van der Waals surface area contributed by atoms with Gasteiger partial charge in [-0.05, 0) is 12.8 Å². The summed E-state index contributed by atoms with van der Waals surface area (Å²) in [7, 11) is 1.95. The molecule has 1 aliphatic rings. The number of hydrogen-bond acceptors (Lipinski definition) is 7. The summed E-state index contributed by atoms with van der Waals surface area (Å²) >= 11 is 0. The summed E-state index contributed by atoms with van der Waals surface area (Å²) in [5.41, 5.74) is 14.6. The lowest BCUT2D eigenvalue weighted by Gasteiger charge is -2.32. The van der Waals surface area contributed by atoms with E-state index < -0.39 is 0 Å². The molecule has 0 saturated heterocycles. The van der Waals surface area contributed by atoms with E-state index in [1.54, 1.807) is 0 Å². The summed E-state index contributed by atoms with van der Waals surface area (Å²) in [4.78, 5) is 10.7. The first-order valence-electron chi connectivity index (χ1n) is 8.70. The lowest BCUT2D eigenvalue weighted by Crippen LogP contribution is -2.35. The minimum Gasteiger partial charge on any atom is -0.368 e. The van der Waals surface area contributed by atoms with Crippen molar-refractivity contribution in [2.24, 2.45) is 5.73 Å². The maximum atomic E-state index is 5.91. The van der Waals surface area contributed by atoms with Gasteiger partial charge in [0.1, 0.15) is 11.5 Å². The van der Waals surface area contributed by atoms with Crippen molar-refractivity contribution in [1.29, 1.82) is 0 Å². The summed E-state index contributed by atoms with van der Waals surface area (Å²) in [6, 6.07) is 14.1. The molecule has 7 heteroatoms. The Balaban J connectivity index is 1.50. The first-order chi connectivity index (χ1) is 12.6. The van der Waals surface area contributed by atoms with Crippen LogP contribution < -0.4 is 16.4 Å². The molecule has 3 aromatic rings. The molecule has 4 rings (SSSR count). The lowest BCUT2D eigenvalue weighted by atomic mass is 9.78. The molecule has 2 heterocycles. The predicted octanol–water partition coefficient (Wildman–Crippen LogP) is 2.55. The zero-order chi connectivity index (χ0) is 18.1. The molecule has 1 saturated carbocycles. The molecule has 4 N–H and O–H groups in total. The molecule has 0 atom stereocenters. The number of aromatic nitrogens is 3. The number of nitrogens with two attached hydrogens (primary N) is 2. The van der Waals surface area contributed by atoms with Gasteiger partial charge in [0, 0.05) is 36.7 Å². The second kappa shape index (κ2) is 6.76. The monoisotopic (exact) mass is 350 g/mol. The highest BCUT2D eigenvalue weighted by Gasteiger charge is 2.29. The number of nitrogens with zero attached hydrogens (tertiary/aromatic N) is 4. The molecule has 26 heavy (non-hydrogen) atoms. The highest BCUT2D eigenvalue weighted by atomic mass is 16.5. The van der Waals surface area contributed by atoms with Gasteiger partial charge in [0.05, 0.1) is 12.2 Å². The molecular formula is C19H22N6O. The Morgan fingerprint density at radius 3 is 2.65 bits per heavy atom. The van der Waals surface area contributed by atoms with Crippen LogP contribution in [0.3, 0.4) is 0 Å². The van der Waals surface area contributed by atoms with E-state index in [1.807, 2.05) is 54.4 Å². The lowest BCUT2D eigenvalue weighted by molar-refractivity contribution is 0.345. The summed E-state index contributed by atoms with van der Waals surface area (Å²) in [6.45, 7) is 0.566. The topological polar surface area (TPSA) is 107 Å². The van der Waals surface area contributed by atoms with Gasteiger partial charge >= 0.3 is 0 Å². The van der Waals surface area contributed by atoms with Gasteiger partial charge in [-0.25, -0.2) is 4.98 Å². The van der Waals surface area contributed by atoms with Crippen molar-refractivity contribution in [1.82, 2.24) is 15.1 Å². The molecule has 0 radical (unpaired) electrons. The summed E-state index contributed by atoms with van der Waals surface area (Å²) < 4.78 is 5.46. The number of hydrogen-bond donors (Lipinski definition) is 2. The molecule has 1 fully saturated rings. The maximum absolute atomic E-state index is 5.91. The molecule has 2 aromatic heterocycles. The van der Waals surface area contributed by atoms with Gasteiger partial charge in [-0.15, -0.1) is 0 Å². The van der Waals surface area contributed by atoms with Gasteiger partial charge in [0.25, 0.3) is 0 Å². The largest absolute Gasteiger partial charge is 0.368 e. The molecule has 0 spiro atoms. The fourth-order valence-corrected chi connectivity index (χ4v) is 3.23. The van der Waals surface area contributed by atoms with E-state index in [-0.39, 0.29) is 12.0 Å². The highest BCUT2D eigenvalue weighted by Crippen LogP contribution is 2.35. The van der Waals surface area contributed by atoms with Crippen molar-refractivity contribution in [2.45, 2.75) is 31.3 Å². The molecule has 0 amide bonds. The molecule has 0 unspecified atom stereocenters. The average Bonchev–Trinajstić information content (AvgIpc) is 3.07. The molecule has 0 bridgehead atoms. The Bertz CT molecular complexity index is 888. The molecular weight excluding hydrogens is 328 g/mol. The zero-order valence-corrected chi connectivity index (χ0v) is 14.7. The standard InChI is InChI=1S/C19H22N6O/c1-25(11-15-9-17(26-24-15)12-5-3-2-4-6-12)18-10-16(22-19(21)23-18)13-7-14(20)8-13/h2-6,9-10,13-14H,7-8,11,20H2,1H3,(H2,21,22,23). The van der Waals surface area contributed by atoms with Gasteiger partial charge in [-0.2, -0.15) is 4.98 Å². The highest BCUT2D eigenvalue weighted by molar-refractivity contribution is 5.57. The van der Waals surface area contributed by atoms with E-state index in [1.165, 1.54) is 0 Å². The van der Waals surface area contributed by atoms with E-state index in [2.05, 4.69) is 15.1 Å². The van der Waals surface area contributed by atoms with Crippen LogP contribution in [0.25, 0.3) is 11.3 Å². The van der Waals surface area contributed by atoms with Crippen molar-refractivity contribution < 1.29 is 4.52 Å². The van der Waals surface area contributed by atoms with Crippen LogP contribution in [0, 0.1) is 0 Å². The number of rotatable bonds is 5. The smallest absolute Gasteiger partial charge is 0.222 e. The molecule has 1 aliphatic carbocycles. The number of nitrogen functional groups attached to an aromatic ring is 1. The SMILES string of the molecule is CN(Cc1cc(-c2ccccc2)on1)c1cc(C2CC(N)C2)nc(N)n1. The third-order valence-corrected chi connectivity index (χ3v) is 4.75. The molecule has 0 aliphatic heterocycles. The Labute approximate surface area is 152 Å². The third kappa shape index (κ3) is 3.39. The van der Waals surface area contributed by atoms with Gasteiger partial charge in [-0.3, -0.25) is 0 Å². The van der Waals surface area contributed by atoms with Crippen LogP contribution in [0.5, 0.6) is 0 Å². The fourth-order valence-electron chi connectivity index (χ4n) is 3.23. The minimum atomic E-state index is 0.268. The van der Waals surface area contributed by atoms with Crippen LogP contribution in [0.2, 0.25) is 0 Å². The Morgan fingerprint density at radius 2 is 1.92 bits per heavy atom. The van der Waals surface area contributed by atoms with Crippen LogP contribution in [0.1, 0.15) is 30.1 Å². The van der Waals surface area contributed by atoms with Crippen molar-refractivity contribution in [3.63, 3.8) is 0 Å². The van der Waals surface area contributed by atoms with Crippen LogP contribution in [-0.4, -0.2) is 28.2 Å². The molecule has 134 valence electrons. The van der Waals surface area contributed by atoms with Crippen LogP contribution in [-0.2, 0) is 6.54 Å². The predicted molar refractivity (Wildman–Crippen MR) is 100 cm³/mol. The van der Waals surface area contributed by atoms with E-state index in [4.69, 9.17) is 16.0 Å². The number of anilines is 2. The number of benzene rings is 1. The van der Waals surface area contributed by atoms with Crippen LogP contribution in [0.4, 0.5) is 11.8 Å². The molecule has 1 aromatic carbocycles. The van der Waals surface area contributed by atoms with Crippen molar-refractivity contribution in [3.8, 4) is 11.3 Å². The van der Waals surface area contributed by atoms with Gasteiger partial charge in [0.2, 0.25) is 5.95 Å². The molecule has 7 nitrogen and oxygen atoms in total. The first kappa shape index (κ1) is 16.5. The van der Waals surface area contributed by atoms with E-state index >= 15 is 0 Å². The van der Waals surface area contributed by atoms with Crippen molar-refractivity contribution >= 4 is 11.8 Å². The van der Waals surface area contributed by atoms with E-state index in [9.17, 15) is 0 Å². The average molecular weight is 350 g/mol.